The quantitative estimate of drug-likeness (QED) is 0.634. The first kappa shape index (κ1) is 15.5. The summed E-state index contributed by atoms with van der Waals surface area (Å²) in [7, 11) is 2.76. The Bertz CT molecular complexity index is 494. The zero-order chi connectivity index (χ0) is 14.4. The zero-order valence-corrected chi connectivity index (χ0v) is 12.0. The van der Waals surface area contributed by atoms with E-state index in [2.05, 4.69) is 4.74 Å². The lowest BCUT2D eigenvalue weighted by molar-refractivity contribution is -0.144. The second kappa shape index (κ2) is 7.16. The molecule has 0 aliphatic rings. The molecule has 1 rings (SSSR count). The molecule has 19 heavy (non-hydrogen) atoms. The van der Waals surface area contributed by atoms with Crippen LogP contribution < -0.4 is 0 Å². The van der Waals surface area contributed by atoms with Crippen molar-refractivity contribution in [3.63, 3.8) is 0 Å². The van der Waals surface area contributed by atoms with Crippen LogP contribution in [0.15, 0.2) is 24.3 Å². The number of benzene rings is 1. The smallest absolute Gasteiger partial charge is 0.325 e. The Kier molecular flexibility index (Phi) is 5.86. The maximum Gasteiger partial charge on any atom is 0.325 e. The van der Waals surface area contributed by atoms with E-state index < -0.39 is 5.97 Å². The molecule has 0 heterocycles. The van der Waals surface area contributed by atoms with Crippen LogP contribution in [0.25, 0.3) is 6.08 Å². The molecular weight excluding hydrogens is 289 g/mol. The minimum atomic E-state index is -0.486. The summed E-state index contributed by atoms with van der Waals surface area (Å²) < 4.78 is 4.47. The monoisotopic (exact) mass is 301 g/mol. The van der Waals surface area contributed by atoms with Crippen molar-refractivity contribution in [2.24, 2.45) is 0 Å². The molecule has 0 saturated heterocycles. The van der Waals surface area contributed by atoms with Gasteiger partial charge in [0.2, 0.25) is 5.91 Å². The van der Waals surface area contributed by atoms with Crippen LogP contribution >= 0.6 is 23.2 Å². The van der Waals surface area contributed by atoms with Crippen molar-refractivity contribution >= 4 is 41.2 Å². The lowest BCUT2D eigenvalue weighted by Gasteiger charge is -2.12. The summed E-state index contributed by atoms with van der Waals surface area (Å²) in [5, 5.41) is 0.902. The standard InChI is InChI=1S/C13H13Cl2NO3/c1-16(8-13(18)19-2)12(17)7-6-9-10(14)4-3-5-11(9)15/h3-7H,8H2,1-2H3. The Morgan fingerprint density at radius 1 is 1.32 bits per heavy atom. The molecule has 0 spiro atoms. The molecule has 0 atom stereocenters. The maximum absolute atomic E-state index is 11.7. The first-order chi connectivity index (χ1) is 8.95. The van der Waals surface area contributed by atoms with E-state index in [0.29, 0.717) is 15.6 Å². The maximum atomic E-state index is 11.7. The Morgan fingerprint density at radius 2 is 1.89 bits per heavy atom. The van der Waals surface area contributed by atoms with Gasteiger partial charge in [0.1, 0.15) is 6.54 Å². The Morgan fingerprint density at radius 3 is 2.42 bits per heavy atom. The van der Waals surface area contributed by atoms with Crippen molar-refractivity contribution < 1.29 is 14.3 Å². The minimum absolute atomic E-state index is 0.115. The van der Waals surface area contributed by atoms with E-state index in [1.165, 1.54) is 31.2 Å². The van der Waals surface area contributed by atoms with E-state index in [1.54, 1.807) is 18.2 Å². The Balaban J connectivity index is 2.76. The van der Waals surface area contributed by atoms with Gasteiger partial charge in [0, 0.05) is 28.7 Å². The Labute approximate surface area is 121 Å². The van der Waals surface area contributed by atoms with Gasteiger partial charge in [-0.3, -0.25) is 9.59 Å². The number of carbonyl (C=O) groups is 2. The van der Waals surface area contributed by atoms with Crippen LogP contribution in [0.3, 0.4) is 0 Å². The molecule has 1 aromatic carbocycles. The lowest BCUT2D eigenvalue weighted by Crippen LogP contribution is -2.31. The summed E-state index contributed by atoms with van der Waals surface area (Å²) in [6, 6.07) is 5.07. The van der Waals surface area contributed by atoms with Crippen molar-refractivity contribution in [3.05, 3.63) is 39.9 Å². The molecule has 0 N–H and O–H groups in total. The third kappa shape index (κ3) is 4.58. The highest BCUT2D eigenvalue weighted by molar-refractivity contribution is 6.37. The number of hydrogen-bond donors (Lipinski definition) is 0. The molecule has 102 valence electrons. The third-order valence-corrected chi connectivity index (χ3v) is 3.02. The highest BCUT2D eigenvalue weighted by Gasteiger charge is 2.10. The number of rotatable bonds is 4. The number of nitrogens with zero attached hydrogens (tertiary/aromatic N) is 1. The van der Waals surface area contributed by atoms with Gasteiger partial charge in [-0.05, 0) is 18.2 Å². The largest absolute Gasteiger partial charge is 0.468 e. The normalized spacial score (nSPS) is 10.5. The summed E-state index contributed by atoms with van der Waals surface area (Å²) in [6.45, 7) is -0.115. The van der Waals surface area contributed by atoms with Crippen molar-refractivity contribution in [3.8, 4) is 0 Å². The predicted molar refractivity (Wildman–Crippen MR) is 75.1 cm³/mol. The first-order valence-electron chi connectivity index (χ1n) is 5.39. The van der Waals surface area contributed by atoms with Gasteiger partial charge in [0.15, 0.2) is 0 Å². The number of carbonyl (C=O) groups excluding carboxylic acids is 2. The fourth-order valence-electron chi connectivity index (χ4n) is 1.29. The van der Waals surface area contributed by atoms with Crippen molar-refractivity contribution in [2.75, 3.05) is 20.7 Å². The van der Waals surface area contributed by atoms with E-state index >= 15 is 0 Å². The highest BCUT2D eigenvalue weighted by Crippen LogP contribution is 2.25. The molecule has 0 aromatic heterocycles. The van der Waals surface area contributed by atoms with E-state index in [1.807, 2.05) is 0 Å². The van der Waals surface area contributed by atoms with Crippen LogP contribution in [0.1, 0.15) is 5.56 Å². The molecule has 0 radical (unpaired) electrons. The number of likely N-dealkylation sites (N-methyl/N-ethyl adjacent to an activating group) is 1. The molecule has 0 unspecified atom stereocenters. The fraction of sp³-hybridized carbons (Fsp3) is 0.231. The van der Waals surface area contributed by atoms with Gasteiger partial charge < -0.3 is 9.64 Å². The summed E-state index contributed by atoms with van der Waals surface area (Å²) >= 11 is 11.9. The molecule has 1 amide bonds. The van der Waals surface area contributed by atoms with Crippen LogP contribution in [0.5, 0.6) is 0 Å². The molecule has 0 saturated carbocycles. The molecular formula is C13H13Cl2NO3. The van der Waals surface area contributed by atoms with Crippen LogP contribution in [0.2, 0.25) is 10.0 Å². The average molecular weight is 302 g/mol. The van der Waals surface area contributed by atoms with Crippen molar-refractivity contribution in [1.82, 2.24) is 4.90 Å². The SMILES string of the molecule is COC(=O)CN(C)C(=O)C=Cc1c(Cl)cccc1Cl. The van der Waals surface area contributed by atoms with Crippen LogP contribution in [0.4, 0.5) is 0 Å². The molecule has 6 heteroatoms. The van der Waals surface area contributed by atoms with Crippen molar-refractivity contribution in [2.45, 2.75) is 0 Å². The number of esters is 1. The summed E-state index contributed by atoms with van der Waals surface area (Å²) in [4.78, 5) is 24.0. The molecule has 1 aromatic rings. The van der Waals surface area contributed by atoms with Gasteiger partial charge in [0.25, 0.3) is 0 Å². The van der Waals surface area contributed by atoms with E-state index in [4.69, 9.17) is 23.2 Å². The average Bonchev–Trinajstić information content (AvgIpc) is 2.37. The molecule has 0 fully saturated rings. The predicted octanol–water partition coefficient (Wildman–Crippen LogP) is 2.64. The van der Waals surface area contributed by atoms with Gasteiger partial charge in [-0.25, -0.2) is 0 Å². The number of hydrogen-bond acceptors (Lipinski definition) is 3. The second-order valence-corrected chi connectivity index (χ2v) is 4.55. The van der Waals surface area contributed by atoms with Crippen LogP contribution in [-0.4, -0.2) is 37.5 Å². The van der Waals surface area contributed by atoms with E-state index in [9.17, 15) is 9.59 Å². The van der Waals surface area contributed by atoms with Crippen molar-refractivity contribution in [1.29, 1.82) is 0 Å². The number of amides is 1. The highest BCUT2D eigenvalue weighted by atomic mass is 35.5. The van der Waals surface area contributed by atoms with Gasteiger partial charge in [-0.2, -0.15) is 0 Å². The van der Waals surface area contributed by atoms with Crippen LogP contribution in [-0.2, 0) is 14.3 Å². The Hall–Kier alpha value is -1.52. The number of halogens is 2. The van der Waals surface area contributed by atoms with E-state index in [0.717, 1.165) is 0 Å². The summed E-state index contributed by atoms with van der Waals surface area (Å²) in [5.74, 6) is -0.832. The third-order valence-electron chi connectivity index (χ3n) is 2.36. The van der Waals surface area contributed by atoms with E-state index in [-0.39, 0.29) is 12.5 Å². The van der Waals surface area contributed by atoms with Crippen LogP contribution in [0, 0.1) is 0 Å². The van der Waals surface area contributed by atoms with Gasteiger partial charge in [0.05, 0.1) is 7.11 Å². The van der Waals surface area contributed by atoms with Gasteiger partial charge >= 0.3 is 5.97 Å². The number of ether oxygens (including phenoxy) is 1. The molecule has 0 aliphatic carbocycles. The van der Waals surface area contributed by atoms with Gasteiger partial charge in [-0.15, -0.1) is 0 Å². The minimum Gasteiger partial charge on any atom is -0.468 e. The van der Waals surface area contributed by atoms with Gasteiger partial charge in [-0.1, -0.05) is 29.3 Å². The topological polar surface area (TPSA) is 46.6 Å². The molecule has 0 bridgehead atoms. The second-order valence-electron chi connectivity index (χ2n) is 3.74. The lowest BCUT2D eigenvalue weighted by atomic mass is 10.2. The molecule has 0 aliphatic heterocycles. The zero-order valence-electron chi connectivity index (χ0n) is 10.5. The number of methoxy groups -OCH3 is 1. The fourth-order valence-corrected chi connectivity index (χ4v) is 1.81. The summed E-state index contributed by atoms with van der Waals surface area (Å²) in [6.07, 6.45) is 2.82. The molecule has 4 nitrogen and oxygen atoms in total. The first-order valence-corrected chi connectivity index (χ1v) is 6.15. The summed E-state index contributed by atoms with van der Waals surface area (Å²) in [5.41, 5.74) is 0.561.